The smallest absolute Gasteiger partial charge is 0.375 e. The zero-order chi connectivity index (χ0) is 29.4. The van der Waals surface area contributed by atoms with Gasteiger partial charge in [0.2, 0.25) is 0 Å². The highest BCUT2D eigenvalue weighted by atomic mass is 19.4. The molecule has 2 saturated carbocycles. The Morgan fingerprint density at radius 2 is 1.56 bits per heavy atom. The molecule has 4 nitrogen and oxygen atoms in total. The number of rotatable bonds is 9. The molecule has 0 N–H and O–H groups in total. The molecule has 0 bridgehead atoms. The SMILES string of the molecule is CCN(CC1CCCC1)C1=C(CN(Cc2cc(C(F)(F)F)cc(C(F)(F)F)c2)c2cc(C)on2)C=C2CCCC2C1. The lowest BCUT2D eigenvalue weighted by molar-refractivity contribution is -0.143. The van der Waals surface area contributed by atoms with Gasteiger partial charge in [0.1, 0.15) is 5.76 Å². The second kappa shape index (κ2) is 11.8. The number of hydrogen-bond acceptors (Lipinski definition) is 4. The fourth-order valence-corrected chi connectivity index (χ4v) is 6.70. The van der Waals surface area contributed by atoms with Crippen molar-refractivity contribution in [1.82, 2.24) is 10.1 Å². The summed E-state index contributed by atoms with van der Waals surface area (Å²) in [4.78, 5) is 4.19. The highest BCUT2D eigenvalue weighted by Crippen LogP contribution is 2.43. The van der Waals surface area contributed by atoms with Crippen LogP contribution < -0.4 is 4.90 Å². The van der Waals surface area contributed by atoms with Crippen molar-refractivity contribution in [3.63, 3.8) is 0 Å². The third kappa shape index (κ3) is 6.95. The lowest BCUT2D eigenvalue weighted by Crippen LogP contribution is -2.34. The Labute approximate surface area is 237 Å². The van der Waals surface area contributed by atoms with E-state index in [2.05, 4.69) is 23.1 Å². The van der Waals surface area contributed by atoms with Gasteiger partial charge in [-0.25, -0.2) is 0 Å². The molecule has 0 aliphatic heterocycles. The fourth-order valence-electron chi connectivity index (χ4n) is 6.70. The van der Waals surface area contributed by atoms with Gasteiger partial charge < -0.3 is 14.3 Å². The van der Waals surface area contributed by atoms with Gasteiger partial charge in [0, 0.05) is 37.9 Å². The molecule has 0 amide bonds. The van der Waals surface area contributed by atoms with Crippen molar-refractivity contribution in [2.45, 2.75) is 84.1 Å². The molecule has 3 aliphatic carbocycles. The minimum atomic E-state index is -4.91. The lowest BCUT2D eigenvalue weighted by atomic mass is 9.87. The van der Waals surface area contributed by atoms with Gasteiger partial charge in [0.15, 0.2) is 5.82 Å². The van der Waals surface area contributed by atoms with Crippen molar-refractivity contribution in [3.8, 4) is 0 Å². The Bertz CT molecular complexity index is 1250. The number of alkyl halides is 6. The first kappa shape index (κ1) is 29.6. The van der Waals surface area contributed by atoms with E-state index in [-0.39, 0.29) is 18.2 Å². The third-order valence-electron chi connectivity index (χ3n) is 8.75. The first-order valence-corrected chi connectivity index (χ1v) is 14.5. The number of aryl methyl sites for hydroxylation is 1. The largest absolute Gasteiger partial charge is 0.416 e. The van der Waals surface area contributed by atoms with Gasteiger partial charge in [0.25, 0.3) is 0 Å². The summed E-state index contributed by atoms with van der Waals surface area (Å²) < 4.78 is 87.0. The molecule has 2 fully saturated rings. The van der Waals surface area contributed by atoms with Crippen LogP contribution >= 0.6 is 0 Å². The average molecular weight is 582 g/mol. The van der Waals surface area contributed by atoms with E-state index in [0.29, 0.717) is 30.0 Å². The molecule has 0 radical (unpaired) electrons. The summed E-state index contributed by atoms with van der Waals surface area (Å²) in [6, 6.07) is 3.44. The number of nitrogens with zero attached hydrogens (tertiary/aromatic N) is 3. The zero-order valence-corrected chi connectivity index (χ0v) is 23.5. The number of halogens is 6. The molecule has 41 heavy (non-hydrogen) atoms. The van der Waals surface area contributed by atoms with Gasteiger partial charge in [-0.05, 0) is 93.5 Å². The Morgan fingerprint density at radius 3 is 2.15 bits per heavy atom. The minimum Gasteiger partial charge on any atom is -0.375 e. The normalized spacial score (nSPS) is 20.0. The molecule has 1 unspecified atom stereocenters. The van der Waals surface area contributed by atoms with Gasteiger partial charge in [-0.1, -0.05) is 29.6 Å². The van der Waals surface area contributed by atoms with E-state index in [9.17, 15) is 26.3 Å². The summed E-state index contributed by atoms with van der Waals surface area (Å²) in [6.07, 6.45) is 1.53. The summed E-state index contributed by atoms with van der Waals surface area (Å²) in [7, 11) is 0. The Hall–Kier alpha value is -2.91. The van der Waals surface area contributed by atoms with Crippen LogP contribution in [0, 0.1) is 18.8 Å². The first-order valence-electron chi connectivity index (χ1n) is 14.5. The number of fused-ring (bicyclic) bond motifs is 1. The number of aromatic nitrogens is 1. The quantitative estimate of drug-likeness (QED) is 0.277. The summed E-state index contributed by atoms with van der Waals surface area (Å²) >= 11 is 0. The van der Waals surface area contributed by atoms with E-state index in [1.165, 1.54) is 37.0 Å². The molecule has 10 heteroatoms. The van der Waals surface area contributed by atoms with Crippen molar-refractivity contribution in [2.24, 2.45) is 11.8 Å². The van der Waals surface area contributed by atoms with Gasteiger partial charge >= 0.3 is 12.4 Å². The molecule has 224 valence electrons. The first-order chi connectivity index (χ1) is 19.4. The molecule has 1 aromatic carbocycles. The molecule has 1 atom stereocenters. The van der Waals surface area contributed by atoms with E-state index in [1.807, 2.05) is 0 Å². The van der Waals surface area contributed by atoms with Crippen molar-refractivity contribution in [2.75, 3.05) is 24.5 Å². The standard InChI is InChI=1S/C31H37F6N3O/c1-3-39(17-21-7-4-5-8-21)28-15-24-10-6-9-23(24)14-25(28)19-40(29-11-20(2)41-38-29)18-22-12-26(30(32,33)34)16-27(13-22)31(35,36)37/h11-14,16,21,24H,3-10,15,17-19H2,1-2H3. The number of hydrogen-bond donors (Lipinski definition) is 0. The fraction of sp³-hybridized carbons (Fsp3) is 0.581. The zero-order valence-electron chi connectivity index (χ0n) is 23.5. The highest BCUT2D eigenvalue weighted by molar-refractivity contribution is 5.47. The Balaban J connectivity index is 1.53. The summed E-state index contributed by atoms with van der Waals surface area (Å²) in [5.41, 5.74) is 0.953. The highest BCUT2D eigenvalue weighted by Gasteiger charge is 2.37. The van der Waals surface area contributed by atoms with Crippen molar-refractivity contribution < 1.29 is 30.9 Å². The molecular weight excluding hydrogens is 544 g/mol. The molecular formula is C31H37F6N3O. The molecule has 0 saturated heterocycles. The number of anilines is 1. The number of benzene rings is 1. The van der Waals surface area contributed by atoms with E-state index < -0.39 is 23.5 Å². The Kier molecular flexibility index (Phi) is 8.48. The predicted molar refractivity (Wildman–Crippen MR) is 145 cm³/mol. The topological polar surface area (TPSA) is 32.5 Å². The van der Waals surface area contributed by atoms with E-state index in [1.54, 1.807) is 17.9 Å². The second-order valence-corrected chi connectivity index (χ2v) is 11.7. The van der Waals surface area contributed by atoms with E-state index in [4.69, 9.17) is 4.52 Å². The van der Waals surface area contributed by atoms with Crippen LogP contribution in [0.1, 0.15) is 80.7 Å². The third-order valence-corrected chi connectivity index (χ3v) is 8.75. The maximum atomic E-state index is 13.6. The maximum absolute atomic E-state index is 13.6. The second-order valence-electron chi connectivity index (χ2n) is 11.7. The van der Waals surface area contributed by atoms with Crippen LogP contribution in [0.3, 0.4) is 0 Å². The lowest BCUT2D eigenvalue weighted by Gasteiger charge is -2.36. The summed E-state index contributed by atoms with van der Waals surface area (Å²) in [6.45, 7) is 5.78. The van der Waals surface area contributed by atoms with E-state index >= 15 is 0 Å². The molecule has 1 heterocycles. The van der Waals surface area contributed by atoms with Crippen molar-refractivity contribution >= 4 is 5.82 Å². The summed E-state index contributed by atoms with van der Waals surface area (Å²) in [5, 5.41) is 4.11. The Morgan fingerprint density at radius 1 is 0.878 bits per heavy atom. The van der Waals surface area contributed by atoms with E-state index in [0.717, 1.165) is 56.5 Å². The van der Waals surface area contributed by atoms with Crippen LogP contribution in [0.15, 0.2) is 51.7 Å². The average Bonchev–Trinajstić information content (AvgIpc) is 3.67. The maximum Gasteiger partial charge on any atom is 0.416 e. The van der Waals surface area contributed by atoms with Crippen LogP contribution in [0.4, 0.5) is 32.2 Å². The predicted octanol–water partition coefficient (Wildman–Crippen LogP) is 8.92. The van der Waals surface area contributed by atoms with Crippen LogP contribution in [0.25, 0.3) is 0 Å². The van der Waals surface area contributed by atoms with Crippen LogP contribution in [-0.2, 0) is 18.9 Å². The van der Waals surface area contributed by atoms with Crippen LogP contribution in [0.2, 0.25) is 0 Å². The van der Waals surface area contributed by atoms with Crippen molar-refractivity contribution in [1.29, 1.82) is 0 Å². The van der Waals surface area contributed by atoms with Gasteiger partial charge in [-0.2, -0.15) is 26.3 Å². The minimum absolute atomic E-state index is 0.0875. The molecule has 1 aromatic heterocycles. The van der Waals surface area contributed by atoms with Crippen molar-refractivity contribution in [3.05, 3.63) is 69.6 Å². The van der Waals surface area contributed by atoms with Gasteiger partial charge in [-0.15, -0.1) is 0 Å². The molecule has 0 spiro atoms. The monoisotopic (exact) mass is 581 g/mol. The summed E-state index contributed by atoms with van der Waals surface area (Å²) in [5.74, 6) is 2.02. The number of allylic oxidation sites excluding steroid dienone is 2. The molecule has 2 aromatic rings. The van der Waals surface area contributed by atoms with Crippen LogP contribution in [0.5, 0.6) is 0 Å². The van der Waals surface area contributed by atoms with Gasteiger partial charge in [-0.3, -0.25) is 0 Å². The molecule has 3 aliphatic rings. The molecule has 5 rings (SSSR count). The van der Waals surface area contributed by atoms with Gasteiger partial charge in [0.05, 0.1) is 11.1 Å². The van der Waals surface area contributed by atoms with Crippen LogP contribution in [-0.4, -0.2) is 29.7 Å².